The van der Waals surface area contributed by atoms with Crippen molar-refractivity contribution in [1.29, 1.82) is 0 Å². The van der Waals surface area contributed by atoms with Gasteiger partial charge in [-0.25, -0.2) is 9.97 Å². The molecule has 0 bridgehead atoms. The lowest BCUT2D eigenvalue weighted by molar-refractivity contribution is 1.13. The van der Waals surface area contributed by atoms with E-state index in [0.717, 1.165) is 42.4 Å². The van der Waals surface area contributed by atoms with E-state index in [9.17, 15) is 0 Å². The van der Waals surface area contributed by atoms with Gasteiger partial charge < -0.3 is 9.13 Å². The van der Waals surface area contributed by atoms with E-state index in [1.807, 2.05) is 0 Å². The fraction of sp³-hybridized carbons (Fsp3) is 0. The van der Waals surface area contributed by atoms with Crippen LogP contribution in [0.2, 0.25) is 0 Å². The van der Waals surface area contributed by atoms with Crippen LogP contribution in [-0.4, -0.2) is 19.1 Å². The van der Waals surface area contributed by atoms with Crippen molar-refractivity contribution in [2.75, 3.05) is 0 Å². The van der Waals surface area contributed by atoms with Crippen molar-refractivity contribution in [3.63, 3.8) is 0 Å². The fourth-order valence-electron chi connectivity index (χ4n) is 5.20. The highest BCUT2D eigenvalue weighted by molar-refractivity contribution is 7.29. The Morgan fingerprint density at radius 2 is 0.842 bits per heavy atom. The van der Waals surface area contributed by atoms with E-state index in [2.05, 4.69) is 130 Å². The smallest absolute Gasteiger partial charge is 0.156 e. The van der Waals surface area contributed by atoms with Crippen LogP contribution in [-0.2, 0) is 0 Å². The highest BCUT2D eigenvalue weighted by Gasteiger charge is 2.20. The Labute approximate surface area is 226 Å². The van der Waals surface area contributed by atoms with Gasteiger partial charge in [0.05, 0.1) is 22.4 Å². The minimum absolute atomic E-state index is 0.967. The molecule has 0 N–H and O–H groups in total. The Morgan fingerprint density at radius 1 is 0.447 bits per heavy atom. The predicted molar refractivity (Wildman–Crippen MR) is 160 cm³/mol. The van der Waals surface area contributed by atoms with Crippen LogP contribution in [0.15, 0.2) is 121 Å². The topological polar surface area (TPSA) is 35.6 Å². The van der Waals surface area contributed by atoms with Crippen LogP contribution in [0.1, 0.15) is 0 Å². The Bertz CT molecular complexity index is 1900. The van der Waals surface area contributed by atoms with Crippen molar-refractivity contribution in [2.45, 2.75) is 0 Å². The van der Waals surface area contributed by atoms with E-state index in [-0.39, 0.29) is 0 Å². The highest BCUT2D eigenvalue weighted by atomic mass is 32.1. The zero-order chi connectivity index (χ0) is 25.1. The van der Waals surface area contributed by atoms with E-state index in [4.69, 9.17) is 9.97 Å². The molecular formula is C32H20N4S2. The molecule has 0 saturated carbocycles. The average Bonchev–Trinajstić information content (AvgIpc) is 3.73. The van der Waals surface area contributed by atoms with Crippen LogP contribution in [0, 0.1) is 0 Å². The summed E-state index contributed by atoms with van der Waals surface area (Å²) >= 11 is 3.31. The number of hydrogen-bond donors (Lipinski definition) is 0. The second kappa shape index (κ2) is 8.52. The molecule has 0 amide bonds. The van der Waals surface area contributed by atoms with Crippen LogP contribution in [0.25, 0.3) is 64.2 Å². The van der Waals surface area contributed by atoms with Gasteiger partial charge in [-0.3, -0.25) is 0 Å². The number of thiazole rings is 2. The van der Waals surface area contributed by atoms with Gasteiger partial charge in [-0.15, -0.1) is 0 Å². The summed E-state index contributed by atoms with van der Waals surface area (Å²) in [6.07, 6.45) is 0. The number of aromatic nitrogens is 4. The predicted octanol–water partition coefficient (Wildman–Crippen LogP) is 8.97. The molecule has 0 fully saturated rings. The number of rotatable bonds is 4. The average molecular weight is 525 g/mol. The molecule has 38 heavy (non-hydrogen) atoms. The highest BCUT2D eigenvalue weighted by Crippen LogP contribution is 2.41. The quantitative estimate of drug-likeness (QED) is 0.230. The lowest BCUT2D eigenvalue weighted by Crippen LogP contribution is -1.96. The molecule has 8 rings (SSSR count). The monoisotopic (exact) mass is 524 g/mol. The number of nitrogens with zero attached hydrogens (tertiary/aromatic N) is 4. The Kier molecular flexibility index (Phi) is 4.83. The van der Waals surface area contributed by atoms with Gasteiger partial charge in [0.15, 0.2) is 9.66 Å². The first-order valence-electron chi connectivity index (χ1n) is 12.4. The fourth-order valence-corrected chi connectivity index (χ4v) is 7.25. The second-order valence-electron chi connectivity index (χ2n) is 9.17. The Hall–Kier alpha value is -4.52. The van der Waals surface area contributed by atoms with Crippen LogP contribution in [0.5, 0.6) is 0 Å². The van der Waals surface area contributed by atoms with Crippen molar-refractivity contribution < 1.29 is 0 Å². The molecule has 0 unspecified atom stereocenters. The number of benzene rings is 4. The van der Waals surface area contributed by atoms with Gasteiger partial charge in [-0.05, 0) is 48.5 Å². The summed E-state index contributed by atoms with van der Waals surface area (Å²) in [5.41, 5.74) is 6.79. The second-order valence-corrected chi connectivity index (χ2v) is 11.1. The van der Waals surface area contributed by atoms with Crippen molar-refractivity contribution >= 4 is 54.1 Å². The van der Waals surface area contributed by atoms with E-state index in [1.54, 1.807) is 22.7 Å². The zero-order valence-corrected chi connectivity index (χ0v) is 21.8. The van der Waals surface area contributed by atoms with Crippen LogP contribution in [0.4, 0.5) is 0 Å². The summed E-state index contributed by atoms with van der Waals surface area (Å²) in [7, 11) is 0. The maximum absolute atomic E-state index is 5.11. The molecule has 4 aromatic heterocycles. The number of fused-ring (bicyclic) bond motifs is 3. The summed E-state index contributed by atoms with van der Waals surface area (Å²) in [4.78, 5) is 12.2. The van der Waals surface area contributed by atoms with Crippen molar-refractivity contribution in [1.82, 2.24) is 19.1 Å². The number of para-hydroxylation sites is 4. The molecule has 4 nitrogen and oxygen atoms in total. The SMILES string of the molecule is c1ccc(-n2c(-c3nc4sc(-c5cc6ccccc6n5-c5ccccc5)nc4s3)cc3ccccc32)cc1. The summed E-state index contributed by atoms with van der Waals surface area (Å²) in [6.45, 7) is 0. The first-order chi connectivity index (χ1) is 18.8. The van der Waals surface area contributed by atoms with Gasteiger partial charge >= 0.3 is 0 Å². The van der Waals surface area contributed by atoms with Gasteiger partial charge in [0, 0.05) is 22.1 Å². The summed E-state index contributed by atoms with van der Waals surface area (Å²) in [6, 6.07) is 42.5. The Morgan fingerprint density at radius 3 is 1.29 bits per heavy atom. The molecule has 8 aromatic rings. The molecule has 0 aliphatic rings. The molecule has 180 valence electrons. The largest absolute Gasteiger partial charge is 0.307 e. The molecule has 0 saturated heterocycles. The van der Waals surface area contributed by atoms with Gasteiger partial charge in [0.25, 0.3) is 0 Å². The normalized spacial score (nSPS) is 11.7. The lowest BCUT2D eigenvalue weighted by atomic mass is 10.2. The molecule has 0 spiro atoms. The molecular weight excluding hydrogens is 505 g/mol. The van der Waals surface area contributed by atoms with Gasteiger partial charge in [0.1, 0.15) is 10.0 Å². The molecule has 0 atom stereocenters. The van der Waals surface area contributed by atoms with Crippen LogP contribution >= 0.6 is 22.7 Å². The van der Waals surface area contributed by atoms with E-state index < -0.39 is 0 Å². The standard InChI is InChI=1S/C32H20N4S2/c1-3-13-23(14-4-1)35-25-17-9-7-11-21(25)19-27(35)29-33-31-32(37-29)34-30(38-31)28-20-22-12-8-10-18-26(22)36(28)24-15-5-2-6-16-24/h1-20H. The molecule has 4 aromatic carbocycles. The molecule has 0 radical (unpaired) electrons. The van der Waals surface area contributed by atoms with Gasteiger partial charge in [-0.2, -0.15) is 0 Å². The summed E-state index contributed by atoms with van der Waals surface area (Å²) < 4.78 is 4.60. The maximum atomic E-state index is 5.11. The molecule has 0 aliphatic carbocycles. The Balaban J connectivity index is 1.29. The van der Waals surface area contributed by atoms with Crippen molar-refractivity contribution in [3.8, 4) is 32.8 Å². The zero-order valence-electron chi connectivity index (χ0n) is 20.2. The van der Waals surface area contributed by atoms with Gasteiger partial charge in [-0.1, -0.05) is 95.5 Å². The van der Waals surface area contributed by atoms with E-state index >= 15 is 0 Å². The van der Waals surface area contributed by atoms with Crippen molar-refractivity contribution in [2.24, 2.45) is 0 Å². The third kappa shape index (κ3) is 3.35. The maximum Gasteiger partial charge on any atom is 0.156 e. The summed E-state index contributed by atoms with van der Waals surface area (Å²) in [5, 5.41) is 4.36. The van der Waals surface area contributed by atoms with E-state index in [0.29, 0.717) is 0 Å². The minimum Gasteiger partial charge on any atom is -0.307 e. The third-order valence-electron chi connectivity index (χ3n) is 6.86. The van der Waals surface area contributed by atoms with Crippen LogP contribution in [0.3, 0.4) is 0 Å². The first kappa shape index (κ1) is 21.6. The molecule has 0 aliphatic heterocycles. The first-order valence-corrected chi connectivity index (χ1v) is 14.1. The van der Waals surface area contributed by atoms with E-state index in [1.165, 1.54) is 21.8 Å². The lowest BCUT2D eigenvalue weighted by Gasteiger charge is -2.09. The van der Waals surface area contributed by atoms with Crippen LogP contribution < -0.4 is 0 Å². The summed E-state index contributed by atoms with van der Waals surface area (Å²) in [5.74, 6) is 0. The number of hydrogen-bond acceptors (Lipinski definition) is 4. The molecule has 6 heteroatoms. The minimum atomic E-state index is 0.967. The molecule has 4 heterocycles. The van der Waals surface area contributed by atoms with Crippen molar-refractivity contribution in [3.05, 3.63) is 121 Å². The van der Waals surface area contributed by atoms with Gasteiger partial charge in [0.2, 0.25) is 0 Å². The third-order valence-corrected chi connectivity index (χ3v) is 8.94.